The predicted molar refractivity (Wildman–Crippen MR) is 88.4 cm³/mol. The first-order valence-corrected chi connectivity index (χ1v) is 7.91. The lowest BCUT2D eigenvalue weighted by atomic mass is 10.1. The van der Waals surface area contributed by atoms with Crippen LogP contribution in [-0.4, -0.2) is 27.9 Å². The highest BCUT2D eigenvalue weighted by Crippen LogP contribution is 2.23. The first-order valence-electron chi connectivity index (χ1n) is 7.91. The topological polar surface area (TPSA) is 66.8 Å². The number of carboxylic acid groups (broad SMARTS) is 1. The summed E-state index contributed by atoms with van der Waals surface area (Å²) in [5.74, 6) is -0.305. The first kappa shape index (κ1) is 16.1. The molecule has 1 atom stereocenters. The van der Waals surface area contributed by atoms with Gasteiger partial charge in [0.25, 0.3) is 0 Å². The Morgan fingerprint density at radius 1 is 1.08 bits per heavy atom. The summed E-state index contributed by atoms with van der Waals surface area (Å²) in [5.41, 5.74) is 1.98. The van der Waals surface area contributed by atoms with Crippen molar-refractivity contribution in [3.8, 4) is 5.75 Å². The van der Waals surface area contributed by atoms with E-state index in [0.717, 1.165) is 16.9 Å². The van der Waals surface area contributed by atoms with Crippen molar-refractivity contribution in [3.05, 3.63) is 65.7 Å². The lowest BCUT2D eigenvalue weighted by molar-refractivity contribution is -0.146. The molecule has 1 N–H and O–H groups in total. The van der Waals surface area contributed by atoms with Crippen LogP contribution in [-0.2, 0) is 22.7 Å². The van der Waals surface area contributed by atoms with Crippen LogP contribution in [0.1, 0.15) is 24.0 Å². The maximum Gasteiger partial charge on any atom is 0.326 e. The van der Waals surface area contributed by atoms with E-state index in [1.165, 1.54) is 4.90 Å². The van der Waals surface area contributed by atoms with Crippen molar-refractivity contribution in [3.63, 3.8) is 0 Å². The predicted octanol–water partition coefficient (Wildman–Crippen LogP) is 2.84. The number of benzene rings is 2. The fraction of sp³-hybridized carbons (Fsp3) is 0.263. The Bertz CT molecular complexity index is 712. The summed E-state index contributed by atoms with van der Waals surface area (Å²) in [4.78, 5) is 24.5. The Labute approximate surface area is 140 Å². The Balaban J connectivity index is 1.60. The number of carbonyl (C=O) groups is 2. The summed E-state index contributed by atoms with van der Waals surface area (Å²) >= 11 is 0. The number of hydrogen-bond donors (Lipinski definition) is 1. The van der Waals surface area contributed by atoms with Gasteiger partial charge in [-0.05, 0) is 29.7 Å². The fourth-order valence-electron chi connectivity index (χ4n) is 2.82. The summed E-state index contributed by atoms with van der Waals surface area (Å²) in [5, 5.41) is 9.19. The molecule has 1 aliphatic rings. The zero-order valence-electron chi connectivity index (χ0n) is 13.2. The van der Waals surface area contributed by atoms with Crippen molar-refractivity contribution in [2.75, 3.05) is 0 Å². The average molecular weight is 325 g/mol. The van der Waals surface area contributed by atoms with Gasteiger partial charge < -0.3 is 14.7 Å². The molecular formula is C19H19NO4. The van der Waals surface area contributed by atoms with Crippen LogP contribution < -0.4 is 4.74 Å². The van der Waals surface area contributed by atoms with Crippen LogP contribution in [0.3, 0.4) is 0 Å². The second-order valence-electron chi connectivity index (χ2n) is 5.83. The maximum absolute atomic E-state index is 11.9. The zero-order valence-corrected chi connectivity index (χ0v) is 13.2. The number of amides is 1. The van der Waals surface area contributed by atoms with Crippen LogP contribution in [0.4, 0.5) is 0 Å². The molecule has 3 rings (SSSR count). The minimum Gasteiger partial charge on any atom is -0.489 e. The number of carbonyl (C=O) groups excluding carboxylic acids is 1. The molecule has 0 aliphatic carbocycles. The van der Waals surface area contributed by atoms with Crippen molar-refractivity contribution in [2.45, 2.75) is 32.0 Å². The second kappa shape index (κ2) is 7.17. The molecule has 0 spiro atoms. The van der Waals surface area contributed by atoms with E-state index in [-0.39, 0.29) is 5.91 Å². The molecular weight excluding hydrogens is 306 g/mol. The number of nitrogens with zero attached hydrogens (tertiary/aromatic N) is 1. The molecule has 1 heterocycles. The fourth-order valence-corrected chi connectivity index (χ4v) is 2.82. The summed E-state index contributed by atoms with van der Waals surface area (Å²) in [6, 6.07) is 16.6. The van der Waals surface area contributed by atoms with Crippen molar-refractivity contribution < 1.29 is 19.4 Å². The zero-order chi connectivity index (χ0) is 16.9. The highest BCUT2D eigenvalue weighted by Gasteiger charge is 2.35. The molecule has 24 heavy (non-hydrogen) atoms. The molecule has 0 bridgehead atoms. The molecule has 1 saturated heterocycles. The highest BCUT2D eigenvalue weighted by atomic mass is 16.5. The Morgan fingerprint density at radius 3 is 2.46 bits per heavy atom. The minimum atomic E-state index is -0.941. The number of ether oxygens (including phenoxy) is 1. The lowest BCUT2D eigenvalue weighted by Crippen LogP contribution is -2.37. The molecule has 5 nitrogen and oxygen atoms in total. The molecule has 0 saturated carbocycles. The Morgan fingerprint density at radius 2 is 1.79 bits per heavy atom. The molecule has 5 heteroatoms. The van der Waals surface area contributed by atoms with E-state index >= 15 is 0 Å². The number of carboxylic acids is 1. The third-order valence-electron chi connectivity index (χ3n) is 4.14. The first-order chi connectivity index (χ1) is 11.6. The number of likely N-dealkylation sites (tertiary alicyclic amines) is 1. The van der Waals surface area contributed by atoms with Gasteiger partial charge in [-0.15, -0.1) is 0 Å². The molecule has 2 aromatic carbocycles. The number of rotatable bonds is 6. The van der Waals surface area contributed by atoms with E-state index in [4.69, 9.17) is 4.74 Å². The van der Waals surface area contributed by atoms with Crippen LogP contribution in [0.2, 0.25) is 0 Å². The largest absolute Gasteiger partial charge is 0.489 e. The van der Waals surface area contributed by atoms with Crippen LogP contribution in [0.5, 0.6) is 5.75 Å². The van der Waals surface area contributed by atoms with E-state index < -0.39 is 12.0 Å². The second-order valence-corrected chi connectivity index (χ2v) is 5.83. The molecule has 124 valence electrons. The van der Waals surface area contributed by atoms with Gasteiger partial charge in [-0.2, -0.15) is 0 Å². The van der Waals surface area contributed by atoms with Gasteiger partial charge >= 0.3 is 5.97 Å². The van der Waals surface area contributed by atoms with E-state index in [1.807, 2.05) is 54.6 Å². The third-order valence-corrected chi connectivity index (χ3v) is 4.14. The van der Waals surface area contributed by atoms with Crippen molar-refractivity contribution >= 4 is 11.9 Å². The molecule has 2 aromatic rings. The third kappa shape index (κ3) is 3.74. The summed E-state index contributed by atoms with van der Waals surface area (Å²) < 4.78 is 5.72. The molecule has 1 fully saturated rings. The van der Waals surface area contributed by atoms with Crippen molar-refractivity contribution in [1.82, 2.24) is 4.90 Å². The van der Waals surface area contributed by atoms with E-state index in [9.17, 15) is 14.7 Å². The van der Waals surface area contributed by atoms with Gasteiger partial charge in [0.2, 0.25) is 5.91 Å². The number of aliphatic carboxylic acids is 1. The van der Waals surface area contributed by atoms with E-state index in [1.54, 1.807) is 0 Å². The van der Waals surface area contributed by atoms with E-state index in [0.29, 0.717) is 26.0 Å². The molecule has 0 unspecified atom stereocenters. The molecule has 1 amide bonds. The molecule has 0 radical (unpaired) electrons. The quantitative estimate of drug-likeness (QED) is 0.887. The maximum atomic E-state index is 11.9. The van der Waals surface area contributed by atoms with Gasteiger partial charge in [0.1, 0.15) is 18.4 Å². The Kier molecular flexibility index (Phi) is 4.79. The van der Waals surface area contributed by atoms with Gasteiger partial charge in [0.15, 0.2) is 0 Å². The van der Waals surface area contributed by atoms with Gasteiger partial charge in [-0.1, -0.05) is 42.5 Å². The van der Waals surface area contributed by atoms with E-state index in [2.05, 4.69) is 0 Å². The highest BCUT2D eigenvalue weighted by molar-refractivity contribution is 5.87. The van der Waals surface area contributed by atoms with Crippen LogP contribution >= 0.6 is 0 Å². The monoisotopic (exact) mass is 325 g/mol. The van der Waals surface area contributed by atoms with Crippen LogP contribution in [0, 0.1) is 0 Å². The summed E-state index contributed by atoms with van der Waals surface area (Å²) in [6.45, 7) is 0.806. The molecule has 1 aliphatic heterocycles. The van der Waals surface area contributed by atoms with Crippen LogP contribution in [0.15, 0.2) is 54.6 Å². The average Bonchev–Trinajstić information content (AvgIpc) is 2.96. The summed E-state index contributed by atoms with van der Waals surface area (Å²) in [7, 11) is 0. The SMILES string of the molecule is O=C(O)[C@@H]1CCC(=O)N1Cc1ccc(OCc2ccccc2)cc1. The van der Waals surface area contributed by atoms with Crippen LogP contribution in [0.25, 0.3) is 0 Å². The number of hydrogen-bond acceptors (Lipinski definition) is 3. The van der Waals surface area contributed by atoms with Gasteiger partial charge in [-0.3, -0.25) is 4.79 Å². The Hall–Kier alpha value is -2.82. The van der Waals surface area contributed by atoms with Crippen molar-refractivity contribution in [2.24, 2.45) is 0 Å². The lowest BCUT2D eigenvalue weighted by Gasteiger charge is -2.21. The van der Waals surface area contributed by atoms with Gasteiger partial charge in [-0.25, -0.2) is 4.79 Å². The van der Waals surface area contributed by atoms with Gasteiger partial charge in [0.05, 0.1) is 0 Å². The van der Waals surface area contributed by atoms with Gasteiger partial charge in [0, 0.05) is 13.0 Å². The minimum absolute atomic E-state index is 0.105. The smallest absolute Gasteiger partial charge is 0.326 e. The standard InChI is InChI=1S/C19H19NO4/c21-18-11-10-17(19(22)23)20(18)12-14-6-8-16(9-7-14)24-13-15-4-2-1-3-5-15/h1-9,17H,10-13H2,(H,22,23)/t17-/m0/s1. The normalized spacial score (nSPS) is 17.1. The molecule has 0 aromatic heterocycles. The summed E-state index contributed by atoms with van der Waals surface area (Å²) in [6.07, 6.45) is 0.682. The van der Waals surface area contributed by atoms with Crippen molar-refractivity contribution in [1.29, 1.82) is 0 Å².